The van der Waals surface area contributed by atoms with Crippen molar-refractivity contribution >= 4 is 22.9 Å². The second kappa shape index (κ2) is 10.7. The number of nitrogens with two attached hydrogens (primary N) is 1. The van der Waals surface area contributed by atoms with Gasteiger partial charge in [0.05, 0.1) is 5.69 Å². The third-order valence-electron chi connectivity index (χ3n) is 8.63. The summed E-state index contributed by atoms with van der Waals surface area (Å²) in [6.07, 6.45) is 10.1. The van der Waals surface area contributed by atoms with Gasteiger partial charge in [-0.3, -0.25) is 9.79 Å². The van der Waals surface area contributed by atoms with E-state index in [0.717, 1.165) is 29.9 Å². The van der Waals surface area contributed by atoms with Crippen LogP contribution >= 0.6 is 0 Å². The largest absolute Gasteiger partial charge is 0.398 e. The standard InChI is InChI=1S/C16H21N.C9H13N.C7H10O/c1-10-6-11(2)16(12(3)7-10)17-15-9-13-4-5-14(15)8-13;1-6-4-7(2)9(10)8(3)5-6;8-7-4-5-1-2-6(7)3-5/h6-7,13-14H,4-5,8-9H2,1-3H3;4-5H,10H2,1-3H3;5-6H,1-4H2. The van der Waals surface area contributed by atoms with Gasteiger partial charge in [0.2, 0.25) is 0 Å². The first-order valence-corrected chi connectivity index (χ1v) is 13.6. The Kier molecular flexibility index (Phi) is 7.83. The average Bonchev–Trinajstić information content (AvgIpc) is 3.57. The first-order valence-electron chi connectivity index (χ1n) is 13.6. The molecule has 4 bridgehead atoms. The summed E-state index contributed by atoms with van der Waals surface area (Å²) in [4.78, 5) is 15.8. The molecule has 0 amide bonds. The van der Waals surface area contributed by atoms with E-state index < -0.39 is 0 Å². The zero-order valence-corrected chi connectivity index (χ0v) is 22.7. The van der Waals surface area contributed by atoms with Gasteiger partial charge in [-0.25, -0.2) is 0 Å². The molecular formula is C32H44N2O. The van der Waals surface area contributed by atoms with Crippen LogP contribution in [0.15, 0.2) is 29.3 Å². The van der Waals surface area contributed by atoms with Crippen molar-refractivity contribution in [1.82, 2.24) is 0 Å². The number of anilines is 1. The summed E-state index contributed by atoms with van der Waals surface area (Å²) >= 11 is 0. The van der Waals surface area contributed by atoms with E-state index in [-0.39, 0.29) is 0 Å². The van der Waals surface area contributed by atoms with Crippen LogP contribution in [0.25, 0.3) is 0 Å². The van der Waals surface area contributed by atoms with Gasteiger partial charge in [0.15, 0.2) is 0 Å². The number of aliphatic imine (C=N–C) groups is 1. The van der Waals surface area contributed by atoms with E-state index in [9.17, 15) is 4.79 Å². The third kappa shape index (κ3) is 6.05. The highest BCUT2D eigenvalue weighted by molar-refractivity contribution is 5.92. The Labute approximate surface area is 212 Å². The summed E-state index contributed by atoms with van der Waals surface area (Å²) < 4.78 is 0. The molecule has 6 rings (SSSR count). The lowest BCUT2D eigenvalue weighted by Crippen LogP contribution is -2.08. The van der Waals surface area contributed by atoms with Crippen LogP contribution in [-0.2, 0) is 4.79 Å². The fourth-order valence-electron chi connectivity index (χ4n) is 6.85. The van der Waals surface area contributed by atoms with E-state index in [0.29, 0.717) is 11.7 Å². The minimum Gasteiger partial charge on any atom is -0.398 e. The molecule has 0 aromatic heterocycles. The molecule has 0 spiro atoms. The number of nitrogen functional groups attached to an aromatic ring is 1. The Balaban J connectivity index is 0.000000136. The lowest BCUT2D eigenvalue weighted by molar-refractivity contribution is -0.121. The first kappa shape index (κ1) is 25.7. The van der Waals surface area contributed by atoms with Gasteiger partial charge in [0.25, 0.3) is 0 Å². The van der Waals surface area contributed by atoms with E-state index in [1.165, 1.54) is 89.7 Å². The predicted octanol–water partition coefficient (Wildman–Crippen LogP) is 8.07. The van der Waals surface area contributed by atoms with Crippen LogP contribution in [0.1, 0.15) is 84.7 Å². The highest BCUT2D eigenvalue weighted by Gasteiger charge is 2.38. The van der Waals surface area contributed by atoms with E-state index in [1.807, 2.05) is 13.8 Å². The van der Waals surface area contributed by atoms with E-state index in [2.05, 4.69) is 52.0 Å². The second-order valence-electron chi connectivity index (χ2n) is 11.8. The summed E-state index contributed by atoms with van der Waals surface area (Å²) in [6.45, 7) is 12.7. The smallest absolute Gasteiger partial charge is 0.136 e. The zero-order chi connectivity index (χ0) is 25.3. The van der Waals surface area contributed by atoms with Gasteiger partial charge < -0.3 is 5.73 Å². The number of rotatable bonds is 1. The number of nitrogens with zero attached hydrogens (tertiary/aromatic N) is 1. The molecule has 0 heterocycles. The Morgan fingerprint density at radius 1 is 0.686 bits per heavy atom. The van der Waals surface area contributed by atoms with Gasteiger partial charge in [-0.1, -0.05) is 35.4 Å². The topological polar surface area (TPSA) is 55.4 Å². The van der Waals surface area contributed by atoms with Gasteiger partial charge in [-0.15, -0.1) is 0 Å². The SMILES string of the molecule is Cc1cc(C)c(N)c(C)c1.Cc1cc(C)c(N=C2CC3CCC2C3)c(C)c1.O=C1CC2CCC1C2. The Morgan fingerprint density at radius 3 is 1.54 bits per heavy atom. The van der Waals surface area contributed by atoms with E-state index >= 15 is 0 Å². The van der Waals surface area contributed by atoms with Crippen molar-refractivity contribution < 1.29 is 4.79 Å². The molecule has 2 aromatic carbocycles. The van der Waals surface area contributed by atoms with Gasteiger partial charge in [0.1, 0.15) is 5.78 Å². The van der Waals surface area contributed by atoms with Crippen LogP contribution in [-0.4, -0.2) is 11.5 Å². The molecular weight excluding hydrogens is 428 g/mol. The number of aryl methyl sites for hydroxylation is 6. The van der Waals surface area contributed by atoms with Crippen molar-refractivity contribution in [2.45, 2.75) is 92.9 Å². The lowest BCUT2D eigenvalue weighted by Gasteiger charge is -2.14. The normalized spacial score (nSPS) is 27.0. The molecule has 4 atom stereocenters. The van der Waals surface area contributed by atoms with Crippen LogP contribution in [0, 0.1) is 65.2 Å². The monoisotopic (exact) mass is 472 g/mol. The van der Waals surface area contributed by atoms with Crippen LogP contribution in [0.4, 0.5) is 11.4 Å². The number of ketones is 1. The number of benzene rings is 2. The number of Topliss-reactive ketones (excluding diaryl/α,β-unsaturated/α-hetero) is 1. The summed E-state index contributed by atoms with van der Waals surface area (Å²) in [5.74, 6) is 3.60. The first-order chi connectivity index (χ1) is 16.6. The summed E-state index contributed by atoms with van der Waals surface area (Å²) in [5.41, 5.74) is 17.0. The van der Waals surface area contributed by atoms with Crippen molar-refractivity contribution in [3.63, 3.8) is 0 Å². The maximum Gasteiger partial charge on any atom is 0.136 e. The van der Waals surface area contributed by atoms with Crippen molar-refractivity contribution in [2.75, 3.05) is 5.73 Å². The highest BCUT2D eigenvalue weighted by Crippen LogP contribution is 2.44. The number of fused-ring (bicyclic) bond motifs is 4. The van der Waals surface area contributed by atoms with E-state index in [4.69, 9.17) is 10.7 Å². The molecule has 188 valence electrons. The van der Waals surface area contributed by atoms with Crippen LogP contribution in [0.5, 0.6) is 0 Å². The number of hydrogen-bond acceptors (Lipinski definition) is 3. The molecule has 0 radical (unpaired) electrons. The molecule has 4 saturated carbocycles. The van der Waals surface area contributed by atoms with Gasteiger partial charge in [-0.05, 0) is 126 Å². The number of carbonyl (C=O) groups excluding carboxylic acids is 1. The molecule has 3 heteroatoms. The van der Waals surface area contributed by atoms with E-state index in [1.54, 1.807) is 0 Å². The molecule has 3 nitrogen and oxygen atoms in total. The van der Waals surface area contributed by atoms with Gasteiger partial charge in [0, 0.05) is 23.7 Å². The maximum absolute atomic E-state index is 10.8. The quantitative estimate of drug-likeness (QED) is 0.427. The van der Waals surface area contributed by atoms with Gasteiger partial charge in [-0.2, -0.15) is 0 Å². The highest BCUT2D eigenvalue weighted by atomic mass is 16.1. The summed E-state index contributed by atoms with van der Waals surface area (Å²) in [6, 6.07) is 8.70. The van der Waals surface area contributed by atoms with Crippen LogP contribution in [0.2, 0.25) is 0 Å². The Morgan fingerprint density at radius 2 is 1.17 bits per heavy atom. The Bertz CT molecular complexity index is 1080. The minimum atomic E-state index is 0.500. The summed E-state index contributed by atoms with van der Waals surface area (Å²) in [5, 5.41) is 0. The summed E-state index contributed by atoms with van der Waals surface area (Å²) in [7, 11) is 0. The average molecular weight is 473 g/mol. The molecule has 2 N–H and O–H groups in total. The van der Waals surface area contributed by atoms with Crippen LogP contribution in [0.3, 0.4) is 0 Å². The maximum atomic E-state index is 10.8. The fourth-order valence-corrected chi connectivity index (χ4v) is 6.85. The molecule has 0 aliphatic heterocycles. The molecule has 4 fully saturated rings. The molecule has 0 saturated heterocycles. The zero-order valence-electron chi connectivity index (χ0n) is 22.7. The second-order valence-corrected chi connectivity index (χ2v) is 11.8. The van der Waals surface area contributed by atoms with Gasteiger partial charge >= 0.3 is 0 Å². The molecule has 4 aliphatic carbocycles. The van der Waals surface area contributed by atoms with Crippen molar-refractivity contribution in [2.24, 2.45) is 28.7 Å². The predicted molar refractivity (Wildman–Crippen MR) is 149 cm³/mol. The van der Waals surface area contributed by atoms with Crippen molar-refractivity contribution in [3.8, 4) is 0 Å². The van der Waals surface area contributed by atoms with Crippen molar-refractivity contribution in [1.29, 1.82) is 0 Å². The molecule has 2 aromatic rings. The molecule has 4 aliphatic rings. The number of carbonyl (C=O) groups is 1. The number of hydrogen-bond donors (Lipinski definition) is 1. The molecule has 35 heavy (non-hydrogen) atoms. The fraction of sp³-hybridized carbons (Fsp3) is 0.562. The Hall–Kier alpha value is -2.42. The van der Waals surface area contributed by atoms with Crippen molar-refractivity contribution in [3.05, 3.63) is 57.6 Å². The lowest BCUT2D eigenvalue weighted by atomic mass is 9.98. The van der Waals surface area contributed by atoms with Crippen LogP contribution < -0.4 is 5.73 Å². The molecule has 4 unspecified atom stereocenters. The third-order valence-corrected chi connectivity index (χ3v) is 8.63. The minimum absolute atomic E-state index is 0.500.